The van der Waals surface area contributed by atoms with Crippen LogP contribution in [0.1, 0.15) is 55.0 Å². The van der Waals surface area contributed by atoms with Gasteiger partial charge in [0, 0.05) is 23.6 Å². The Bertz CT molecular complexity index is 1990. The Labute approximate surface area is 271 Å². The Hall–Kier alpha value is -4.35. The number of cyclic esters (lactones) is 1. The highest BCUT2D eigenvalue weighted by Gasteiger charge is 2.45. The fraction of sp³-hybridized carbons (Fsp3) is 0.353. The Morgan fingerprint density at radius 3 is 2.62 bits per heavy atom. The van der Waals surface area contributed by atoms with Gasteiger partial charge in [0.05, 0.1) is 29.0 Å². The minimum absolute atomic E-state index is 0.0537. The molecule has 6 rings (SSSR count). The molecule has 4 heterocycles. The molecule has 1 unspecified atom stereocenters. The molecule has 0 saturated carbocycles. The molecule has 13 heteroatoms. The summed E-state index contributed by atoms with van der Waals surface area (Å²) < 4.78 is 37.3. The number of nitrogens with one attached hydrogen (secondary N) is 1. The van der Waals surface area contributed by atoms with Crippen LogP contribution in [0.15, 0.2) is 59.4 Å². The number of hydrogen-bond acceptors (Lipinski definition) is 10. The van der Waals surface area contributed by atoms with Gasteiger partial charge in [-0.05, 0) is 55.2 Å². The molecule has 2 N–H and O–H groups in total. The number of methoxy groups -OCH3 is 1. The van der Waals surface area contributed by atoms with Gasteiger partial charge < -0.3 is 28.4 Å². The van der Waals surface area contributed by atoms with Crippen molar-refractivity contribution in [3.05, 3.63) is 92.8 Å². The predicted octanol–water partition coefficient (Wildman–Crippen LogP) is 4.54. The molecule has 0 aliphatic carbocycles. The number of esters is 2. The highest BCUT2D eigenvalue weighted by Crippen LogP contribution is 2.45. The quantitative estimate of drug-likeness (QED) is 0.151. The average Bonchev–Trinajstić information content (AvgIpc) is 3.43. The van der Waals surface area contributed by atoms with Crippen LogP contribution in [-0.2, 0) is 60.1 Å². The molecule has 0 bridgehead atoms. The number of aliphatic hydroxyl groups is 1. The maximum Gasteiger partial charge on any atom is 0.343 e. The summed E-state index contributed by atoms with van der Waals surface area (Å²) in [4.78, 5) is 43.8. The summed E-state index contributed by atoms with van der Waals surface area (Å²) >= 11 is 0. The molecule has 2 aromatic carbocycles. The van der Waals surface area contributed by atoms with Crippen molar-refractivity contribution in [1.29, 1.82) is 0 Å². The van der Waals surface area contributed by atoms with Crippen LogP contribution in [0.2, 0.25) is 0 Å². The lowest BCUT2D eigenvalue weighted by atomic mass is 9.86. The van der Waals surface area contributed by atoms with Gasteiger partial charge >= 0.3 is 19.5 Å². The summed E-state index contributed by atoms with van der Waals surface area (Å²) in [6, 6.07) is 15.1. The van der Waals surface area contributed by atoms with E-state index in [1.54, 1.807) is 42.7 Å². The third-order valence-electron chi connectivity index (χ3n) is 8.65. The second-order valence-electron chi connectivity index (χ2n) is 11.7. The number of fused-ring (bicyclic) bond motifs is 5. The lowest BCUT2D eigenvalue weighted by molar-refractivity contribution is -0.172. The van der Waals surface area contributed by atoms with Crippen LogP contribution >= 0.6 is 7.52 Å². The van der Waals surface area contributed by atoms with E-state index >= 15 is 0 Å². The van der Waals surface area contributed by atoms with Gasteiger partial charge in [-0.1, -0.05) is 44.2 Å². The van der Waals surface area contributed by atoms with E-state index in [4.69, 9.17) is 23.7 Å². The Kier molecular flexibility index (Phi) is 8.80. The second kappa shape index (κ2) is 12.7. The first-order valence-electron chi connectivity index (χ1n) is 15.4. The van der Waals surface area contributed by atoms with E-state index in [9.17, 15) is 24.1 Å². The minimum Gasteiger partial charge on any atom is -0.460 e. The molecule has 2 aliphatic rings. The number of rotatable bonds is 11. The van der Waals surface area contributed by atoms with Crippen LogP contribution in [0.3, 0.4) is 0 Å². The van der Waals surface area contributed by atoms with Gasteiger partial charge in [-0.3, -0.25) is 14.2 Å². The highest BCUT2D eigenvalue weighted by atomic mass is 31.2. The number of hydrogen-bond donors (Lipinski definition) is 2. The molecule has 2 aliphatic heterocycles. The van der Waals surface area contributed by atoms with Gasteiger partial charge in [0.25, 0.3) is 5.56 Å². The van der Waals surface area contributed by atoms with Crippen molar-refractivity contribution >= 4 is 30.4 Å². The maximum atomic E-state index is 13.9. The number of aryl methyl sites for hydroxylation is 1. The smallest absolute Gasteiger partial charge is 0.343 e. The van der Waals surface area contributed by atoms with Gasteiger partial charge in [-0.25, -0.2) is 14.9 Å². The highest BCUT2D eigenvalue weighted by molar-refractivity contribution is 7.57. The van der Waals surface area contributed by atoms with Crippen molar-refractivity contribution in [3.8, 4) is 17.1 Å². The Morgan fingerprint density at radius 1 is 1.15 bits per heavy atom. The molecular weight excluding hydrogens is 625 g/mol. The zero-order valence-electron chi connectivity index (χ0n) is 26.6. The van der Waals surface area contributed by atoms with Gasteiger partial charge in [-0.2, -0.15) is 0 Å². The minimum atomic E-state index is -3.75. The number of carbonyl (C=O) groups is 2. The lowest BCUT2D eigenvalue weighted by Gasteiger charge is -2.31. The molecular formula is C34H36N3O9P. The summed E-state index contributed by atoms with van der Waals surface area (Å²) in [7, 11) is -2.37. The maximum absolute atomic E-state index is 13.9. The Balaban J connectivity index is 1.30. The predicted molar refractivity (Wildman–Crippen MR) is 173 cm³/mol. The lowest BCUT2D eigenvalue weighted by Crippen LogP contribution is -2.44. The van der Waals surface area contributed by atoms with Gasteiger partial charge in [0.1, 0.15) is 31.4 Å². The van der Waals surface area contributed by atoms with Gasteiger partial charge in [0.2, 0.25) is 0 Å². The van der Waals surface area contributed by atoms with E-state index in [0.29, 0.717) is 23.3 Å². The largest absolute Gasteiger partial charge is 0.460 e. The van der Waals surface area contributed by atoms with E-state index < -0.39 is 31.1 Å². The van der Waals surface area contributed by atoms with E-state index in [1.165, 1.54) is 7.11 Å². The molecule has 0 amide bonds. The standard InChI is InChI=1S/C34H36N3O9P/c1-5-23-24-14-22(46-47(42,19-43-4)36-20(3)32(39)44-17-21-10-8-7-9-11-21)12-13-28(24)35-30-25(23)16-37-29(30)15-27-26(31(37)38)18-45-33(40)34(27,41)6-2/h7-15,20,41H,5-6,16-19H2,1-4H3,(H,36,42)/t20-,34-,47?/m0/s1. The fourth-order valence-electron chi connectivity index (χ4n) is 6.23. The molecule has 4 aromatic rings. The normalized spacial score (nSPS) is 18.4. The number of benzene rings is 2. The van der Waals surface area contributed by atoms with Crippen LogP contribution < -0.4 is 15.2 Å². The molecule has 2 aromatic heterocycles. The number of pyridine rings is 2. The summed E-state index contributed by atoms with van der Waals surface area (Å²) in [6.45, 7) is 5.31. The number of carbonyl (C=O) groups excluding carboxylic acids is 2. The van der Waals surface area contributed by atoms with Gasteiger partial charge in [0.15, 0.2) is 5.60 Å². The van der Waals surface area contributed by atoms with Crippen LogP contribution in [-0.4, -0.2) is 46.1 Å². The van der Waals surface area contributed by atoms with Crippen molar-refractivity contribution in [1.82, 2.24) is 14.6 Å². The second-order valence-corrected chi connectivity index (χ2v) is 13.7. The topological polar surface area (TPSA) is 155 Å². The monoisotopic (exact) mass is 661 g/mol. The van der Waals surface area contributed by atoms with Crippen molar-refractivity contribution in [2.45, 2.75) is 65.0 Å². The first kappa shape index (κ1) is 32.6. The fourth-order valence-corrected chi connectivity index (χ4v) is 7.90. The van der Waals surface area contributed by atoms with E-state index in [0.717, 1.165) is 22.1 Å². The third kappa shape index (κ3) is 5.87. The zero-order valence-corrected chi connectivity index (χ0v) is 27.5. The molecule has 47 heavy (non-hydrogen) atoms. The summed E-state index contributed by atoms with van der Waals surface area (Å²) in [5, 5.41) is 14.7. The van der Waals surface area contributed by atoms with E-state index in [2.05, 4.69) is 5.09 Å². The molecule has 0 saturated heterocycles. The van der Waals surface area contributed by atoms with E-state index in [1.807, 2.05) is 37.3 Å². The summed E-state index contributed by atoms with van der Waals surface area (Å²) in [5.41, 5.74) is 2.55. The zero-order chi connectivity index (χ0) is 33.5. The van der Waals surface area contributed by atoms with Crippen molar-refractivity contribution < 1.29 is 38.0 Å². The third-order valence-corrected chi connectivity index (χ3v) is 10.5. The van der Waals surface area contributed by atoms with Crippen molar-refractivity contribution in [2.24, 2.45) is 0 Å². The average molecular weight is 662 g/mol. The summed E-state index contributed by atoms with van der Waals surface area (Å²) in [6.07, 6.45) is 0.341. The van der Waals surface area contributed by atoms with Gasteiger partial charge in [-0.15, -0.1) is 0 Å². The van der Waals surface area contributed by atoms with Crippen LogP contribution in [0.25, 0.3) is 22.3 Å². The molecule has 12 nitrogen and oxygen atoms in total. The number of aromatic nitrogens is 2. The molecule has 0 radical (unpaired) electrons. The van der Waals surface area contributed by atoms with Crippen LogP contribution in [0, 0.1) is 0 Å². The number of nitrogens with zero attached hydrogens (tertiary/aromatic N) is 2. The first-order valence-corrected chi connectivity index (χ1v) is 17.2. The molecule has 0 spiro atoms. The molecule has 3 atom stereocenters. The van der Waals surface area contributed by atoms with Crippen molar-refractivity contribution in [2.75, 3.05) is 13.5 Å². The van der Waals surface area contributed by atoms with Crippen LogP contribution in [0.4, 0.5) is 0 Å². The Morgan fingerprint density at radius 2 is 1.91 bits per heavy atom. The number of ether oxygens (including phenoxy) is 3. The van der Waals surface area contributed by atoms with Crippen molar-refractivity contribution in [3.63, 3.8) is 0 Å². The SMILES string of the molecule is CCc1c2c(nc3ccc(OP(=O)(COC)N[C@@H](C)C(=O)OCc4ccccc4)cc13)-c1cc3c(c(=O)n1C2)COC(=O)[C@]3(O)CC. The summed E-state index contributed by atoms with van der Waals surface area (Å²) in [5.74, 6) is -1.09. The van der Waals surface area contributed by atoms with E-state index in [-0.39, 0.29) is 55.0 Å². The molecule has 246 valence electrons. The molecule has 0 fully saturated rings. The van der Waals surface area contributed by atoms with Crippen LogP contribution in [0.5, 0.6) is 5.75 Å². The first-order chi connectivity index (χ1) is 22.5.